The first-order valence-corrected chi connectivity index (χ1v) is 11.7. The minimum absolute atomic E-state index is 0.184. The molecule has 2 aliphatic rings. The molecule has 5 nitrogen and oxygen atoms in total. The van der Waals surface area contributed by atoms with Gasteiger partial charge in [0.25, 0.3) is 0 Å². The number of carbonyl (C=O) groups excluding carboxylic acids is 1. The van der Waals surface area contributed by atoms with E-state index in [1.807, 2.05) is 42.2 Å². The van der Waals surface area contributed by atoms with Crippen LogP contribution in [0.3, 0.4) is 0 Å². The average Bonchev–Trinajstić information content (AvgIpc) is 2.99. The molecule has 2 heterocycles. The summed E-state index contributed by atoms with van der Waals surface area (Å²) in [6, 6.07) is 13.3. The van der Waals surface area contributed by atoms with Crippen LogP contribution in [-0.2, 0) is -0.565 Å². The van der Waals surface area contributed by atoms with Crippen LogP contribution in [0.4, 0.5) is 11.4 Å². The number of hydrogen-bond acceptors (Lipinski definition) is 5. The van der Waals surface area contributed by atoms with Crippen LogP contribution in [0.15, 0.2) is 41.4 Å². The molecule has 2 aromatic carbocycles. The minimum Gasteiger partial charge on any atom is -0.374 e. The number of rotatable bonds is 2. The number of nitrogens with zero attached hydrogens (tertiary/aromatic N) is 3. The summed E-state index contributed by atoms with van der Waals surface area (Å²) in [4.78, 5) is 19.8. The van der Waals surface area contributed by atoms with Gasteiger partial charge in [0, 0.05) is 24.2 Å². The number of fused-ring (bicyclic) bond motifs is 2. The molecule has 142 valence electrons. The van der Waals surface area contributed by atoms with Crippen LogP contribution in [0.5, 0.6) is 0 Å². The van der Waals surface area contributed by atoms with Crippen molar-refractivity contribution in [3.63, 3.8) is 0 Å². The molecule has 0 unspecified atom stereocenters. The van der Waals surface area contributed by atoms with Crippen LogP contribution < -0.4 is 4.90 Å². The van der Waals surface area contributed by atoms with Crippen molar-refractivity contribution >= 4 is 90.8 Å². The molecular formula is C20H14I3N3O2. The third-order valence-electron chi connectivity index (χ3n) is 5.14. The van der Waals surface area contributed by atoms with Gasteiger partial charge in [-0.3, -0.25) is 4.79 Å². The summed E-state index contributed by atoms with van der Waals surface area (Å²) in [6.07, 6.45) is 0.289. The lowest BCUT2D eigenvalue weighted by molar-refractivity contribution is 0.0602. The Bertz CT molecular complexity index is 1090. The highest BCUT2D eigenvalue weighted by Gasteiger charge is 2.52. The summed E-state index contributed by atoms with van der Waals surface area (Å²) in [6.45, 7) is 2.36. The second kappa shape index (κ2) is 7.17. The Balaban J connectivity index is 1.82. The van der Waals surface area contributed by atoms with E-state index in [1.54, 1.807) is 6.07 Å². The van der Waals surface area contributed by atoms with E-state index in [2.05, 4.69) is 78.8 Å². The summed E-state index contributed by atoms with van der Waals surface area (Å²) >= 11 is 6.93. The maximum atomic E-state index is 13.2. The number of benzene rings is 2. The van der Waals surface area contributed by atoms with Crippen molar-refractivity contribution in [2.75, 3.05) is 11.4 Å². The van der Waals surface area contributed by atoms with Crippen molar-refractivity contribution in [2.24, 2.45) is 4.99 Å². The number of nitriles is 1. The zero-order valence-corrected chi connectivity index (χ0v) is 21.2. The topological polar surface area (TPSA) is 76.7 Å². The molecule has 1 saturated heterocycles. The highest BCUT2D eigenvalue weighted by molar-refractivity contribution is 14.3. The average molecular weight is 709 g/mol. The fourth-order valence-corrected chi connectivity index (χ4v) is 4.61. The van der Waals surface area contributed by atoms with Gasteiger partial charge in [0.1, 0.15) is 5.27 Å². The molecule has 0 spiro atoms. The number of anilines is 1. The van der Waals surface area contributed by atoms with Gasteiger partial charge in [0.05, 0.1) is 17.3 Å². The normalized spacial score (nSPS) is 21.1. The molecule has 1 fully saturated rings. The Morgan fingerprint density at radius 2 is 2.00 bits per heavy atom. The van der Waals surface area contributed by atoms with Gasteiger partial charge < -0.3 is 10.0 Å². The maximum Gasteiger partial charge on any atom is 0.204 e. The molecule has 1 N–H and O–H groups in total. The molecule has 0 radical (unpaired) electrons. The number of alkyl halides is 3. The van der Waals surface area contributed by atoms with Crippen LogP contribution in [0, 0.1) is 18.3 Å². The number of carbonyl (C=O) groups is 1. The molecule has 8 heteroatoms. The highest BCUT2D eigenvalue weighted by Crippen LogP contribution is 2.48. The Morgan fingerprint density at radius 1 is 1.25 bits per heavy atom. The smallest absolute Gasteiger partial charge is 0.204 e. The van der Waals surface area contributed by atoms with Crippen LogP contribution in [0.25, 0.3) is 0 Å². The third-order valence-corrected chi connectivity index (χ3v) is 7.00. The number of amidine groups is 1. The van der Waals surface area contributed by atoms with Crippen molar-refractivity contribution in [1.29, 1.82) is 5.26 Å². The Kier molecular flexibility index (Phi) is 5.25. The van der Waals surface area contributed by atoms with Gasteiger partial charge in [-0.05, 0) is 116 Å². The molecule has 0 saturated carbocycles. The summed E-state index contributed by atoms with van der Waals surface area (Å²) < 4.78 is -0.184. The van der Waals surface area contributed by atoms with Crippen molar-refractivity contribution < 1.29 is 9.90 Å². The highest BCUT2D eigenvalue weighted by atomic mass is 127. The number of halogens is 3. The van der Waals surface area contributed by atoms with Crippen LogP contribution in [-0.4, -0.2) is 28.9 Å². The van der Waals surface area contributed by atoms with E-state index < -0.39 is 5.60 Å². The van der Waals surface area contributed by atoms with E-state index in [1.165, 1.54) is 0 Å². The zero-order valence-electron chi connectivity index (χ0n) is 14.7. The van der Waals surface area contributed by atoms with Crippen molar-refractivity contribution in [3.05, 3.63) is 58.7 Å². The number of aliphatic imine (C=N–C) groups is 1. The van der Waals surface area contributed by atoms with E-state index in [4.69, 9.17) is 5.26 Å². The van der Waals surface area contributed by atoms with Crippen LogP contribution in [0.2, 0.25) is 0 Å². The number of aryl methyl sites for hydroxylation is 1. The second-order valence-corrected chi connectivity index (χ2v) is 17.9. The molecule has 0 bridgehead atoms. The minimum atomic E-state index is -1.61. The second-order valence-electron chi connectivity index (χ2n) is 6.87. The van der Waals surface area contributed by atoms with Crippen molar-refractivity contribution in [2.45, 2.75) is 18.4 Å². The first kappa shape index (κ1) is 20.5. The Labute approximate surface area is 203 Å². The van der Waals surface area contributed by atoms with E-state index in [0.717, 1.165) is 16.8 Å². The molecule has 0 amide bonds. The van der Waals surface area contributed by atoms with Gasteiger partial charge in [-0.25, -0.2) is 4.99 Å². The molecular weight excluding hydrogens is 695 g/mol. The number of aliphatic hydroxyl groups is 1. The first-order chi connectivity index (χ1) is 13.1. The molecule has 2 aromatic rings. The van der Waals surface area contributed by atoms with Gasteiger partial charge in [-0.15, -0.1) is 0 Å². The lowest BCUT2D eigenvalue weighted by atomic mass is 9.87. The molecule has 0 aliphatic carbocycles. The lowest BCUT2D eigenvalue weighted by Gasteiger charge is -2.30. The monoisotopic (exact) mass is 709 g/mol. The molecule has 4 rings (SSSR count). The van der Waals surface area contributed by atoms with Gasteiger partial charge >= 0.3 is 0 Å². The van der Waals surface area contributed by atoms with Gasteiger partial charge in [0.2, 0.25) is 5.78 Å². The molecule has 1 atom stereocenters. The Morgan fingerprint density at radius 3 is 2.64 bits per heavy atom. The van der Waals surface area contributed by atoms with E-state index in [0.29, 0.717) is 29.2 Å². The fraction of sp³-hybridized carbons (Fsp3) is 0.250. The van der Waals surface area contributed by atoms with Crippen molar-refractivity contribution in [3.8, 4) is 6.07 Å². The van der Waals surface area contributed by atoms with Gasteiger partial charge in [0.15, 0.2) is 5.60 Å². The fourth-order valence-electron chi connectivity index (χ4n) is 3.60. The van der Waals surface area contributed by atoms with E-state index in [-0.39, 0.29) is 11.6 Å². The summed E-state index contributed by atoms with van der Waals surface area (Å²) in [5.41, 5.74) is 2.72. The molecule has 28 heavy (non-hydrogen) atoms. The number of Topliss-reactive ketones (excluding diaryl/α,β-unsaturated/α-hetero) is 1. The largest absolute Gasteiger partial charge is 0.374 e. The number of ketones is 1. The quantitative estimate of drug-likeness (QED) is 0.346. The third kappa shape index (κ3) is 3.27. The lowest BCUT2D eigenvalue weighted by Crippen LogP contribution is -2.48. The number of hydrogen-bond donors (Lipinski definition) is 1. The molecule has 2 aliphatic heterocycles. The van der Waals surface area contributed by atoms with Gasteiger partial charge in [-0.1, -0.05) is 6.07 Å². The zero-order chi connectivity index (χ0) is 20.3. The van der Waals surface area contributed by atoms with Crippen molar-refractivity contribution in [1.82, 2.24) is 0 Å². The maximum absolute atomic E-state index is 13.2. The SMILES string of the molecule is Cc1cc(N2CC[C@@]3(O)C(=O)c4cc(C(I)(I)I)ccc4N=C23)ccc1C#N. The first-order valence-electron chi connectivity index (χ1n) is 8.51. The predicted molar refractivity (Wildman–Crippen MR) is 134 cm³/mol. The standard InChI is InChI=1S/C20H14I3N3O2/c1-11-8-14(4-2-12(11)10-24)26-7-6-19(28)17(27)15-9-13(20(21,22)23)3-5-16(15)25-18(19)26/h2-5,8-9,28H,6-7H2,1H3/t19-/m1/s1. The summed E-state index contributed by atoms with van der Waals surface area (Å²) in [5, 5.41) is 20.4. The summed E-state index contributed by atoms with van der Waals surface area (Å²) in [5.74, 6) is 0.0715. The Hall–Kier alpha value is -0.780. The summed E-state index contributed by atoms with van der Waals surface area (Å²) in [7, 11) is 0. The molecule has 0 aromatic heterocycles. The van der Waals surface area contributed by atoms with Crippen LogP contribution >= 0.6 is 67.8 Å². The van der Waals surface area contributed by atoms with E-state index >= 15 is 0 Å². The van der Waals surface area contributed by atoms with Gasteiger partial charge in [-0.2, -0.15) is 5.26 Å². The van der Waals surface area contributed by atoms with Crippen LogP contribution in [0.1, 0.15) is 33.5 Å². The van der Waals surface area contributed by atoms with E-state index in [9.17, 15) is 9.90 Å². The predicted octanol–water partition coefficient (Wildman–Crippen LogP) is 5.15.